The number of piperidine rings is 1. The van der Waals surface area contributed by atoms with Crippen molar-refractivity contribution in [1.82, 2.24) is 5.32 Å². The molecule has 0 amide bonds. The minimum absolute atomic E-state index is 0. The average molecular weight is 199 g/mol. The third-order valence-corrected chi connectivity index (χ3v) is 2.51. The standard InChI is InChI=1S/C7H14N2.2ClH/c8-5-3-6-1-2-7(4-5)9-6;;/h5-7,9H,1-4,8H2;2*1H/t5-,6-,7+;;. The highest BCUT2D eigenvalue weighted by molar-refractivity contribution is 5.85. The molecule has 3 atom stereocenters. The van der Waals surface area contributed by atoms with Gasteiger partial charge in [-0.15, -0.1) is 24.8 Å². The number of fused-ring (bicyclic) bond motifs is 2. The molecule has 2 rings (SSSR count). The Balaban J connectivity index is 0.000000500. The highest BCUT2D eigenvalue weighted by Crippen LogP contribution is 2.25. The van der Waals surface area contributed by atoms with Gasteiger partial charge in [-0.25, -0.2) is 0 Å². The summed E-state index contributed by atoms with van der Waals surface area (Å²) in [5.74, 6) is 0. The molecule has 2 saturated heterocycles. The lowest BCUT2D eigenvalue weighted by atomic mass is 10.0. The van der Waals surface area contributed by atoms with Crippen LogP contribution in [0.4, 0.5) is 0 Å². The summed E-state index contributed by atoms with van der Waals surface area (Å²) < 4.78 is 0. The van der Waals surface area contributed by atoms with Crippen molar-refractivity contribution in [2.45, 2.75) is 43.8 Å². The Hall–Kier alpha value is 0.500. The van der Waals surface area contributed by atoms with Crippen LogP contribution in [0.15, 0.2) is 0 Å². The topological polar surface area (TPSA) is 38.0 Å². The zero-order chi connectivity index (χ0) is 6.27. The van der Waals surface area contributed by atoms with E-state index >= 15 is 0 Å². The number of rotatable bonds is 0. The SMILES string of the molecule is Cl.Cl.N[C@@H]1C[C@H]2CC[C@@H](C1)N2. The summed E-state index contributed by atoms with van der Waals surface area (Å²) in [6, 6.07) is 2.02. The fourth-order valence-electron chi connectivity index (χ4n) is 2.10. The van der Waals surface area contributed by atoms with Crippen molar-refractivity contribution < 1.29 is 0 Å². The van der Waals surface area contributed by atoms with Gasteiger partial charge in [-0.1, -0.05) is 0 Å². The van der Waals surface area contributed by atoms with E-state index < -0.39 is 0 Å². The first-order valence-electron chi connectivity index (χ1n) is 3.86. The summed E-state index contributed by atoms with van der Waals surface area (Å²) >= 11 is 0. The van der Waals surface area contributed by atoms with Gasteiger partial charge in [0.1, 0.15) is 0 Å². The Morgan fingerprint density at radius 3 is 1.91 bits per heavy atom. The van der Waals surface area contributed by atoms with E-state index in [1.807, 2.05) is 0 Å². The molecule has 2 bridgehead atoms. The summed E-state index contributed by atoms with van der Waals surface area (Å²) in [5.41, 5.74) is 5.82. The average Bonchev–Trinajstić information content (AvgIpc) is 2.11. The lowest BCUT2D eigenvalue weighted by Gasteiger charge is -2.25. The molecule has 0 aromatic heterocycles. The molecule has 0 radical (unpaired) electrons. The number of nitrogens with one attached hydrogen (secondary N) is 1. The minimum Gasteiger partial charge on any atom is -0.328 e. The molecule has 2 fully saturated rings. The Bertz CT molecular complexity index is 109. The number of hydrogen-bond acceptors (Lipinski definition) is 2. The van der Waals surface area contributed by atoms with Gasteiger partial charge in [0.2, 0.25) is 0 Å². The Labute approximate surface area is 80.1 Å². The lowest BCUT2D eigenvalue weighted by Crippen LogP contribution is -2.43. The molecule has 68 valence electrons. The molecule has 11 heavy (non-hydrogen) atoms. The van der Waals surface area contributed by atoms with Crippen LogP contribution in [0.5, 0.6) is 0 Å². The summed E-state index contributed by atoms with van der Waals surface area (Å²) in [4.78, 5) is 0. The van der Waals surface area contributed by atoms with E-state index in [2.05, 4.69) is 5.32 Å². The molecule has 0 unspecified atom stereocenters. The zero-order valence-corrected chi connectivity index (χ0v) is 8.09. The van der Waals surface area contributed by atoms with E-state index in [-0.39, 0.29) is 24.8 Å². The smallest absolute Gasteiger partial charge is 0.00849 e. The maximum atomic E-state index is 5.82. The van der Waals surface area contributed by atoms with Crippen LogP contribution in [0, 0.1) is 0 Å². The van der Waals surface area contributed by atoms with Gasteiger partial charge < -0.3 is 11.1 Å². The van der Waals surface area contributed by atoms with Gasteiger partial charge in [0.05, 0.1) is 0 Å². The fraction of sp³-hybridized carbons (Fsp3) is 1.00. The first-order valence-corrected chi connectivity index (χ1v) is 3.86. The predicted molar refractivity (Wildman–Crippen MR) is 51.7 cm³/mol. The molecule has 0 aromatic rings. The van der Waals surface area contributed by atoms with E-state index in [9.17, 15) is 0 Å². The van der Waals surface area contributed by atoms with Crippen LogP contribution in [-0.2, 0) is 0 Å². The summed E-state index contributed by atoms with van der Waals surface area (Å²) in [5, 5.41) is 3.54. The van der Waals surface area contributed by atoms with Gasteiger partial charge in [0.15, 0.2) is 0 Å². The molecule has 0 aliphatic carbocycles. The van der Waals surface area contributed by atoms with Crippen molar-refractivity contribution in [3.8, 4) is 0 Å². The zero-order valence-electron chi connectivity index (χ0n) is 6.45. The van der Waals surface area contributed by atoms with E-state index in [0.717, 1.165) is 12.1 Å². The predicted octanol–water partition coefficient (Wildman–Crippen LogP) is 1.07. The Kier molecular flexibility index (Phi) is 4.71. The van der Waals surface area contributed by atoms with Crippen molar-refractivity contribution in [3.63, 3.8) is 0 Å². The molecule has 3 N–H and O–H groups in total. The van der Waals surface area contributed by atoms with E-state index in [1.165, 1.54) is 25.7 Å². The van der Waals surface area contributed by atoms with Gasteiger partial charge in [0, 0.05) is 18.1 Å². The van der Waals surface area contributed by atoms with Gasteiger partial charge >= 0.3 is 0 Å². The van der Waals surface area contributed by atoms with Crippen molar-refractivity contribution in [2.75, 3.05) is 0 Å². The highest BCUT2D eigenvalue weighted by atomic mass is 35.5. The largest absolute Gasteiger partial charge is 0.328 e. The van der Waals surface area contributed by atoms with Crippen LogP contribution in [-0.4, -0.2) is 18.1 Å². The molecule has 2 aliphatic rings. The third kappa shape index (κ3) is 2.48. The highest BCUT2D eigenvalue weighted by Gasteiger charge is 2.31. The minimum atomic E-state index is 0. The first kappa shape index (κ1) is 11.5. The van der Waals surface area contributed by atoms with Crippen molar-refractivity contribution >= 4 is 24.8 Å². The van der Waals surface area contributed by atoms with Crippen molar-refractivity contribution in [3.05, 3.63) is 0 Å². The monoisotopic (exact) mass is 198 g/mol. The molecule has 2 nitrogen and oxygen atoms in total. The number of hydrogen-bond donors (Lipinski definition) is 2. The molecular weight excluding hydrogens is 183 g/mol. The Morgan fingerprint density at radius 2 is 1.45 bits per heavy atom. The normalized spacial score (nSPS) is 40.6. The molecule has 2 aliphatic heterocycles. The maximum absolute atomic E-state index is 5.82. The van der Waals surface area contributed by atoms with Crippen LogP contribution in [0.2, 0.25) is 0 Å². The van der Waals surface area contributed by atoms with Crippen LogP contribution >= 0.6 is 24.8 Å². The van der Waals surface area contributed by atoms with Crippen LogP contribution in [0.1, 0.15) is 25.7 Å². The van der Waals surface area contributed by atoms with E-state index in [0.29, 0.717) is 6.04 Å². The number of halogens is 2. The van der Waals surface area contributed by atoms with Crippen LogP contribution < -0.4 is 11.1 Å². The quantitative estimate of drug-likeness (QED) is 0.612. The van der Waals surface area contributed by atoms with Crippen molar-refractivity contribution in [2.24, 2.45) is 5.73 Å². The molecule has 4 heteroatoms. The summed E-state index contributed by atoms with van der Waals surface area (Å²) in [7, 11) is 0. The second kappa shape index (κ2) is 4.51. The summed E-state index contributed by atoms with van der Waals surface area (Å²) in [6.07, 6.45) is 5.13. The van der Waals surface area contributed by atoms with Gasteiger partial charge in [-0.3, -0.25) is 0 Å². The van der Waals surface area contributed by atoms with Gasteiger partial charge in [-0.2, -0.15) is 0 Å². The summed E-state index contributed by atoms with van der Waals surface area (Å²) in [6.45, 7) is 0. The van der Waals surface area contributed by atoms with E-state index in [1.54, 1.807) is 0 Å². The second-order valence-electron chi connectivity index (χ2n) is 3.37. The maximum Gasteiger partial charge on any atom is 0.00849 e. The second-order valence-corrected chi connectivity index (χ2v) is 3.37. The van der Waals surface area contributed by atoms with Gasteiger partial charge in [0.25, 0.3) is 0 Å². The Morgan fingerprint density at radius 1 is 1.00 bits per heavy atom. The molecular formula is C7H16Cl2N2. The number of nitrogens with two attached hydrogens (primary N) is 1. The molecule has 0 aromatic carbocycles. The third-order valence-electron chi connectivity index (χ3n) is 2.51. The molecule has 0 spiro atoms. The van der Waals surface area contributed by atoms with E-state index in [4.69, 9.17) is 5.73 Å². The molecule has 2 heterocycles. The molecule has 0 saturated carbocycles. The first-order chi connectivity index (χ1) is 4.34. The lowest BCUT2D eigenvalue weighted by molar-refractivity contribution is 0.363. The fourth-order valence-corrected chi connectivity index (χ4v) is 2.10. The van der Waals surface area contributed by atoms with Gasteiger partial charge in [-0.05, 0) is 25.7 Å². The van der Waals surface area contributed by atoms with Crippen molar-refractivity contribution in [1.29, 1.82) is 0 Å². The van der Waals surface area contributed by atoms with Crippen LogP contribution in [0.3, 0.4) is 0 Å². The van der Waals surface area contributed by atoms with Crippen LogP contribution in [0.25, 0.3) is 0 Å².